The van der Waals surface area contributed by atoms with E-state index in [4.69, 9.17) is 23.7 Å². The first-order valence-electron chi connectivity index (χ1n) is 18.1. The van der Waals surface area contributed by atoms with Gasteiger partial charge in [-0.15, -0.1) is 0 Å². The van der Waals surface area contributed by atoms with Crippen LogP contribution in [0.15, 0.2) is 11.6 Å². The Morgan fingerprint density at radius 1 is 0.882 bits per heavy atom. The quantitative estimate of drug-likeness (QED) is 0.0748. The SMILES string of the molecule is C[C@H]1O[C@@H](O[C@H]2CC[C@]3(C=O)[C@H]4C(O)C[C@]5(C)[C@@H](C6=CC(=O)OC6)CC[C@]5(O)[C@@H]4CC[C@]3(O)C2)[C@H](O)[C@H](O)C1O[C@@H]1O[C@H](CO)[C@@H](O)[C@@H](O)[C@H]1O. The highest BCUT2D eigenvalue weighted by Gasteiger charge is 2.74. The van der Waals surface area contributed by atoms with Crippen LogP contribution in [0.1, 0.15) is 65.2 Å². The number of aliphatic hydroxyl groups excluding tert-OH is 7. The van der Waals surface area contributed by atoms with Gasteiger partial charge in [0.1, 0.15) is 55.6 Å². The van der Waals surface area contributed by atoms with E-state index >= 15 is 0 Å². The summed E-state index contributed by atoms with van der Waals surface area (Å²) < 4.78 is 28.3. The van der Waals surface area contributed by atoms with E-state index in [2.05, 4.69) is 0 Å². The third kappa shape index (κ3) is 5.59. The van der Waals surface area contributed by atoms with E-state index in [1.807, 2.05) is 6.92 Å². The number of aldehydes is 1. The minimum absolute atomic E-state index is 0.0335. The van der Waals surface area contributed by atoms with Crippen molar-refractivity contribution in [2.24, 2.45) is 28.6 Å². The van der Waals surface area contributed by atoms with E-state index < -0.39 is 120 Å². The lowest BCUT2D eigenvalue weighted by molar-refractivity contribution is -0.361. The van der Waals surface area contributed by atoms with Gasteiger partial charge in [-0.05, 0) is 69.3 Å². The summed E-state index contributed by atoms with van der Waals surface area (Å²) >= 11 is 0. The number of carbonyl (C=O) groups is 2. The average Bonchev–Trinajstić information content (AvgIpc) is 3.63. The van der Waals surface area contributed by atoms with E-state index in [0.717, 1.165) is 11.9 Å². The van der Waals surface area contributed by atoms with Gasteiger partial charge in [-0.3, -0.25) is 0 Å². The molecule has 0 aromatic carbocycles. The summed E-state index contributed by atoms with van der Waals surface area (Å²) in [6, 6.07) is 0. The van der Waals surface area contributed by atoms with E-state index in [9.17, 15) is 55.5 Å². The van der Waals surface area contributed by atoms with Crippen LogP contribution in [0.2, 0.25) is 0 Å². The second-order valence-corrected chi connectivity index (χ2v) is 16.4. The van der Waals surface area contributed by atoms with Crippen molar-refractivity contribution in [3.63, 3.8) is 0 Å². The number of cyclic esters (lactones) is 1. The molecule has 3 heterocycles. The lowest BCUT2D eigenvalue weighted by Gasteiger charge is -2.66. The van der Waals surface area contributed by atoms with Crippen LogP contribution in [0.5, 0.6) is 0 Å². The molecule has 0 aromatic rings. The number of ether oxygens (including phenoxy) is 5. The van der Waals surface area contributed by atoms with Gasteiger partial charge in [-0.25, -0.2) is 4.79 Å². The largest absolute Gasteiger partial charge is 0.458 e. The summed E-state index contributed by atoms with van der Waals surface area (Å²) in [5.41, 5.74) is -4.23. The lowest BCUT2D eigenvalue weighted by Crippen LogP contribution is -2.72. The van der Waals surface area contributed by atoms with Crippen LogP contribution in [-0.2, 0) is 33.3 Å². The summed E-state index contributed by atoms with van der Waals surface area (Å²) in [4.78, 5) is 25.1. The smallest absolute Gasteiger partial charge is 0.331 e. The Morgan fingerprint density at radius 3 is 2.25 bits per heavy atom. The molecule has 0 radical (unpaired) electrons. The topological polar surface area (TPSA) is 262 Å². The van der Waals surface area contributed by atoms with E-state index in [1.54, 1.807) is 0 Å². The second kappa shape index (κ2) is 13.3. The normalized spacial score (nSPS) is 55.6. The van der Waals surface area contributed by atoms with Crippen LogP contribution in [0.4, 0.5) is 0 Å². The van der Waals surface area contributed by atoms with Gasteiger partial charge < -0.3 is 74.4 Å². The zero-order chi connectivity index (χ0) is 36.8. The summed E-state index contributed by atoms with van der Waals surface area (Å²) in [5.74, 6) is -1.82. The van der Waals surface area contributed by atoms with Crippen molar-refractivity contribution in [1.82, 2.24) is 0 Å². The molecule has 288 valence electrons. The number of rotatable bonds is 7. The lowest BCUT2D eigenvalue weighted by atomic mass is 9.41. The summed E-state index contributed by atoms with van der Waals surface area (Å²) in [5, 5.41) is 98.8. The molecular weight excluding hydrogens is 676 g/mol. The minimum atomic E-state index is -1.73. The number of carbonyl (C=O) groups excluding carboxylic acids is 2. The molecule has 6 fully saturated rings. The first kappa shape index (κ1) is 37.7. The number of hydrogen-bond donors (Lipinski definition) is 9. The molecule has 0 spiro atoms. The van der Waals surface area contributed by atoms with Crippen LogP contribution in [0.25, 0.3) is 0 Å². The molecule has 3 aliphatic heterocycles. The third-order valence-corrected chi connectivity index (χ3v) is 14.0. The maximum Gasteiger partial charge on any atom is 0.331 e. The highest BCUT2D eigenvalue weighted by Crippen LogP contribution is 2.70. The van der Waals surface area contributed by atoms with Crippen LogP contribution >= 0.6 is 0 Å². The first-order valence-corrected chi connectivity index (χ1v) is 18.1. The molecule has 0 aromatic heterocycles. The Bertz CT molecular complexity index is 1380. The number of aliphatic hydroxyl groups is 9. The Hall–Kier alpha value is -1.64. The minimum Gasteiger partial charge on any atom is -0.458 e. The van der Waals surface area contributed by atoms with Crippen LogP contribution < -0.4 is 0 Å². The van der Waals surface area contributed by atoms with Crippen molar-refractivity contribution in [1.29, 1.82) is 0 Å². The van der Waals surface area contributed by atoms with Crippen molar-refractivity contribution in [2.45, 2.75) is 150 Å². The molecule has 4 saturated carbocycles. The van der Waals surface area contributed by atoms with E-state index in [0.29, 0.717) is 19.3 Å². The Morgan fingerprint density at radius 2 is 1.59 bits per heavy atom. The maximum atomic E-state index is 13.2. The van der Waals surface area contributed by atoms with Crippen LogP contribution in [0, 0.1) is 28.6 Å². The highest BCUT2D eigenvalue weighted by molar-refractivity contribution is 5.85. The second-order valence-electron chi connectivity index (χ2n) is 16.4. The fraction of sp³-hybridized carbons (Fsp3) is 0.886. The van der Waals surface area contributed by atoms with Gasteiger partial charge in [0.05, 0.1) is 41.5 Å². The molecule has 2 saturated heterocycles. The van der Waals surface area contributed by atoms with Gasteiger partial charge in [0.2, 0.25) is 0 Å². The number of esters is 1. The monoisotopic (exact) mass is 728 g/mol. The fourth-order valence-corrected chi connectivity index (χ4v) is 11.3. The number of hydrogen-bond acceptors (Lipinski definition) is 16. The fourth-order valence-electron chi connectivity index (χ4n) is 11.3. The van der Waals surface area contributed by atoms with Gasteiger partial charge in [0.15, 0.2) is 12.6 Å². The van der Waals surface area contributed by atoms with Crippen molar-refractivity contribution in [3.05, 3.63) is 11.6 Å². The van der Waals surface area contributed by atoms with Gasteiger partial charge in [0.25, 0.3) is 0 Å². The predicted molar refractivity (Wildman–Crippen MR) is 169 cm³/mol. The van der Waals surface area contributed by atoms with Crippen LogP contribution in [0.3, 0.4) is 0 Å². The number of fused-ring (bicyclic) bond motifs is 5. The van der Waals surface area contributed by atoms with Gasteiger partial charge in [0, 0.05) is 23.8 Å². The van der Waals surface area contributed by atoms with Crippen molar-refractivity contribution in [2.75, 3.05) is 13.2 Å². The zero-order valence-electron chi connectivity index (χ0n) is 28.8. The molecule has 16 heteroatoms. The van der Waals surface area contributed by atoms with Gasteiger partial charge in [-0.2, -0.15) is 0 Å². The maximum absolute atomic E-state index is 13.2. The van der Waals surface area contributed by atoms with Crippen molar-refractivity contribution >= 4 is 12.3 Å². The molecule has 19 atom stereocenters. The Kier molecular flexibility index (Phi) is 9.81. The predicted octanol–water partition coefficient (Wildman–Crippen LogP) is -2.45. The van der Waals surface area contributed by atoms with Crippen LogP contribution in [-0.4, -0.2) is 156 Å². The molecule has 0 amide bonds. The Labute approximate surface area is 294 Å². The molecule has 16 nitrogen and oxygen atoms in total. The molecule has 9 N–H and O–H groups in total. The molecule has 4 aliphatic carbocycles. The van der Waals surface area contributed by atoms with Crippen molar-refractivity contribution in [3.8, 4) is 0 Å². The third-order valence-electron chi connectivity index (χ3n) is 14.0. The first-order chi connectivity index (χ1) is 24.0. The Balaban J connectivity index is 1.04. The summed E-state index contributed by atoms with van der Waals surface area (Å²) in [6.07, 6.45) is -12.3. The summed E-state index contributed by atoms with van der Waals surface area (Å²) in [6.45, 7) is 2.94. The molecule has 7 aliphatic rings. The molecule has 0 bridgehead atoms. The van der Waals surface area contributed by atoms with E-state index in [-0.39, 0.29) is 44.6 Å². The molecular formula is C35H52O16. The molecule has 51 heavy (non-hydrogen) atoms. The summed E-state index contributed by atoms with van der Waals surface area (Å²) in [7, 11) is 0. The van der Waals surface area contributed by atoms with Gasteiger partial charge in [-0.1, -0.05) is 6.92 Å². The highest BCUT2D eigenvalue weighted by atomic mass is 16.7. The zero-order valence-corrected chi connectivity index (χ0v) is 28.8. The van der Waals surface area contributed by atoms with Gasteiger partial charge >= 0.3 is 5.97 Å². The molecule has 2 unspecified atom stereocenters. The van der Waals surface area contributed by atoms with Crippen molar-refractivity contribution < 1.29 is 79.2 Å². The molecule has 7 rings (SSSR count). The average molecular weight is 729 g/mol. The standard InChI is InChI=1S/C35H52O16/c1-15-29(51-31-27(43)25(41)24(40)21(12-36)50-31)26(42)28(44)30(48-15)49-17-3-6-33(14-37)23-19(4-7-34(33,45)10-17)35(46)8-5-18(16-9-22(39)47-13-16)32(35,2)11-20(23)38/h9,14-15,17-21,23-31,36,38,40-46H,3-8,10-13H2,1-2H3/t15-,17+,18-,19-,20?,21-,23-,24-,25-,26+,27-,28-,29?,30+,31+,32-,33+,34+,35+/m1/s1. The van der Waals surface area contributed by atoms with E-state index in [1.165, 1.54) is 13.0 Å².